The zero-order valence-corrected chi connectivity index (χ0v) is 22.1. The van der Waals surface area contributed by atoms with E-state index in [2.05, 4.69) is 29.8 Å². The van der Waals surface area contributed by atoms with Crippen LogP contribution in [0, 0.1) is 17.8 Å². The first-order valence-corrected chi connectivity index (χ1v) is 14.3. The molecule has 0 spiro atoms. The molecular formula is C24H34BrN3O4S. The second-order valence-corrected chi connectivity index (χ2v) is 12.8. The largest absolute Gasteiger partial charge is 0.342 e. The molecular weight excluding hydrogens is 506 g/mol. The second kappa shape index (κ2) is 9.66. The Bertz CT molecular complexity index is 1030. The van der Waals surface area contributed by atoms with Crippen molar-refractivity contribution < 1.29 is 18.0 Å². The van der Waals surface area contributed by atoms with Crippen molar-refractivity contribution in [2.75, 3.05) is 37.6 Å². The van der Waals surface area contributed by atoms with Crippen LogP contribution in [0.5, 0.6) is 0 Å². The van der Waals surface area contributed by atoms with E-state index in [-0.39, 0.29) is 22.6 Å². The molecule has 1 aromatic carbocycles. The van der Waals surface area contributed by atoms with Crippen molar-refractivity contribution in [1.82, 2.24) is 9.21 Å². The quantitative estimate of drug-likeness (QED) is 0.584. The summed E-state index contributed by atoms with van der Waals surface area (Å²) < 4.78 is 29.6. The maximum atomic E-state index is 13.7. The number of likely N-dealkylation sites (tertiary alicyclic amines) is 1. The molecule has 1 aromatic rings. The topological polar surface area (TPSA) is 78.0 Å². The third-order valence-corrected chi connectivity index (χ3v) is 9.57. The van der Waals surface area contributed by atoms with Crippen LogP contribution >= 0.6 is 15.9 Å². The smallest absolute Gasteiger partial charge is 0.245 e. The summed E-state index contributed by atoms with van der Waals surface area (Å²) in [7, 11) is -3.79. The number of fused-ring (bicyclic) bond motifs is 1. The molecule has 3 aliphatic heterocycles. The first-order valence-electron chi connectivity index (χ1n) is 12.0. The molecule has 33 heavy (non-hydrogen) atoms. The van der Waals surface area contributed by atoms with Crippen LogP contribution in [-0.4, -0.2) is 62.2 Å². The highest BCUT2D eigenvalue weighted by Crippen LogP contribution is 2.40. The minimum Gasteiger partial charge on any atom is -0.342 e. The third-order valence-electron chi connectivity index (χ3n) is 7.20. The van der Waals surface area contributed by atoms with Gasteiger partial charge in [-0.2, -0.15) is 4.31 Å². The molecule has 0 aromatic heterocycles. The van der Waals surface area contributed by atoms with E-state index in [0.29, 0.717) is 67.3 Å². The molecule has 182 valence electrons. The van der Waals surface area contributed by atoms with E-state index in [0.717, 1.165) is 25.1 Å². The lowest BCUT2D eigenvalue weighted by atomic mass is 9.89. The Morgan fingerprint density at radius 3 is 2.30 bits per heavy atom. The van der Waals surface area contributed by atoms with Gasteiger partial charge in [0, 0.05) is 49.5 Å². The Morgan fingerprint density at radius 1 is 1.06 bits per heavy atom. The third kappa shape index (κ3) is 4.86. The molecule has 0 unspecified atom stereocenters. The number of piperidine rings is 2. The van der Waals surface area contributed by atoms with Crippen molar-refractivity contribution in [2.45, 2.75) is 57.8 Å². The molecule has 2 amide bonds. The molecule has 3 heterocycles. The molecule has 0 radical (unpaired) electrons. The number of rotatable bonds is 4. The van der Waals surface area contributed by atoms with Crippen LogP contribution in [0.2, 0.25) is 0 Å². The molecule has 0 bridgehead atoms. The lowest BCUT2D eigenvalue weighted by molar-refractivity contribution is -0.139. The number of benzene rings is 1. The van der Waals surface area contributed by atoms with Crippen LogP contribution < -0.4 is 4.90 Å². The van der Waals surface area contributed by atoms with Gasteiger partial charge in [-0.15, -0.1) is 0 Å². The summed E-state index contributed by atoms with van der Waals surface area (Å²) in [4.78, 5) is 29.4. The van der Waals surface area contributed by atoms with E-state index < -0.39 is 10.0 Å². The number of hydrogen-bond donors (Lipinski definition) is 0. The lowest BCUT2D eigenvalue weighted by Crippen LogP contribution is -2.48. The fourth-order valence-electron chi connectivity index (χ4n) is 5.69. The van der Waals surface area contributed by atoms with E-state index in [1.165, 1.54) is 4.31 Å². The van der Waals surface area contributed by atoms with Gasteiger partial charge < -0.3 is 9.80 Å². The van der Waals surface area contributed by atoms with Crippen molar-refractivity contribution in [1.29, 1.82) is 0 Å². The Morgan fingerprint density at radius 2 is 1.70 bits per heavy atom. The molecule has 2 fully saturated rings. The van der Waals surface area contributed by atoms with E-state index in [1.807, 2.05) is 11.0 Å². The maximum absolute atomic E-state index is 13.7. The van der Waals surface area contributed by atoms with Gasteiger partial charge in [0.2, 0.25) is 21.8 Å². The summed E-state index contributed by atoms with van der Waals surface area (Å²) in [5.74, 6) is 0.992. The lowest BCUT2D eigenvalue weighted by Gasteiger charge is -2.39. The number of halogens is 1. The van der Waals surface area contributed by atoms with Gasteiger partial charge in [-0.05, 0) is 55.2 Å². The van der Waals surface area contributed by atoms with Crippen LogP contribution in [0.3, 0.4) is 0 Å². The predicted octanol–water partition coefficient (Wildman–Crippen LogP) is 3.65. The average molecular weight is 541 g/mol. The summed E-state index contributed by atoms with van der Waals surface area (Å²) in [6.07, 6.45) is 3.19. The minimum absolute atomic E-state index is 0.0678. The van der Waals surface area contributed by atoms with Gasteiger partial charge >= 0.3 is 0 Å². The number of anilines is 1. The molecule has 4 rings (SSSR count). The van der Waals surface area contributed by atoms with Gasteiger partial charge in [0.25, 0.3) is 0 Å². The highest BCUT2D eigenvalue weighted by atomic mass is 79.9. The highest BCUT2D eigenvalue weighted by Gasteiger charge is 2.39. The molecule has 2 saturated heterocycles. The highest BCUT2D eigenvalue weighted by molar-refractivity contribution is 9.10. The number of carbonyl (C=O) groups is 2. The first-order chi connectivity index (χ1) is 15.6. The number of carbonyl (C=O) groups excluding carboxylic acids is 2. The van der Waals surface area contributed by atoms with Gasteiger partial charge in [-0.1, -0.05) is 36.7 Å². The number of nitrogens with zero attached hydrogens (tertiary/aromatic N) is 3. The molecule has 0 N–H and O–H groups in total. The second-order valence-electron chi connectivity index (χ2n) is 9.93. The van der Waals surface area contributed by atoms with Gasteiger partial charge in [0.05, 0.1) is 5.69 Å². The number of hydrogen-bond acceptors (Lipinski definition) is 4. The molecule has 0 saturated carbocycles. The summed E-state index contributed by atoms with van der Waals surface area (Å²) in [5, 5.41) is 0. The average Bonchev–Trinajstić information content (AvgIpc) is 3.20. The summed E-state index contributed by atoms with van der Waals surface area (Å²) >= 11 is 3.45. The fourth-order valence-corrected chi connectivity index (χ4v) is 8.08. The van der Waals surface area contributed by atoms with Crippen LogP contribution in [0.4, 0.5) is 5.69 Å². The predicted molar refractivity (Wildman–Crippen MR) is 131 cm³/mol. The molecule has 0 aliphatic carbocycles. The molecule has 3 aliphatic rings. The van der Waals surface area contributed by atoms with E-state index in [1.54, 1.807) is 17.9 Å². The van der Waals surface area contributed by atoms with Crippen molar-refractivity contribution in [3.8, 4) is 0 Å². The first kappa shape index (κ1) is 24.7. The van der Waals surface area contributed by atoms with Crippen molar-refractivity contribution in [2.24, 2.45) is 17.8 Å². The Labute approximate surface area is 205 Å². The SMILES string of the molecule is CCC(=O)N1CCc2cc(Br)cc(S(=O)(=O)N3CCC(C(=O)N4C[C@@H](C)C[C@H](C)C4)CC3)c21. The zero-order chi connectivity index (χ0) is 23.9. The van der Waals surface area contributed by atoms with Gasteiger partial charge in [0.1, 0.15) is 4.90 Å². The number of sulfonamides is 1. The standard InChI is InChI=1S/C24H34BrN3O4S/c1-4-22(29)28-10-7-19-12-20(25)13-21(23(19)28)33(31,32)27-8-5-18(6-9-27)24(30)26-14-16(2)11-17(3)15-26/h12-13,16-18H,4-11,14-15H2,1-3H3/t16-,17-/m0/s1. The van der Waals surface area contributed by atoms with Crippen LogP contribution in [-0.2, 0) is 26.0 Å². The van der Waals surface area contributed by atoms with Gasteiger partial charge in [-0.3, -0.25) is 9.59 Å². The van der Waals surface area contributed by atoms with Crippen LogP contribution in [0.1, 0.15) is 52.0 Å². The molecule has 9 heteroatoms. The summed E-state index contributed by atoms with van der Waals surface area (Å²) in [6.45, 7) is 8.91. The summed E-state index contributed by atoms with van der Waals surface area (Å²) in [5.41, 5.74) is 1.41. The minimum atomic E-state index is -3.79. The van der Waals surface area contributed by atoms with Crippen molar-refractivity contribution in [3.63, 3.8) is 0 Å². The molecule has 2 atom stereocenters. The van der Waals surface area contributed by atoms with Crippen molar-refractivity contribution >= 4 is 43.5 Å². The monoisotopic (exact) mass is 539 g/mol. The Kier molecular flexibility index (Phi) is 7.22. The Balaban J connectivity index is 1.51. The Hall–Kier alpha value is -1.45. The van der Waals surface area contributed by atoms with E-state index >= 15 is 0 Å². The fraction of sp³-hybridized carbons (Fsp3) is 0.667. The van der Waals surface area contributed by atoms with Crippen molar-refractivity contribution in [3.05, 3.63) is 22.2 Å². The summed E-state index contributed by atoms with van der Waals surface area (Å²) in [6, 6.07) is 3.52. The maximum Gasteiger partial charge on any atom is 0.245 e. The van der Waals surface area contributed by atoms with Gasteiger partial charge in [0.15, 0.2) is 0 Å². The zero-order valence-electron chi connectivity index (χ0n) is 19.7. The number of amides is 2. The van der Waals surface area contributed by atoms with E-state index in [9.17, 15) is 18.0 Å². The van der Waals surface area contributed by atoms with Gasteiger partial charge in [-0.25, -0.2) is 8.42 Å². The van der Waals surface area contributed by atoms with Crippen LogP contribution in [0.25, 0.3) is 0 Å². The van der Waals surface area contributed by atoms with Crippen LogP contribution in [0.15, 0.2) is 21.5 Å². The normalized spacial score (nSPS) is 24.7. The van der Waals surface area contributed by atoms with E-state index in [4.69, 9.17) is 0 Å². The molecule has 7 nitrogen and oxygen atoms in total.